The number of aliphatic hydroxyl groups is 4. The zero-order valence-corrected chi connectivity index (χ0v) is 9.82. The molecule has 0 heterocycles. The average molecular weight is 266 g/mol. The maximum absolute atomic E-state index is 11.2. The number of carbonyl (C=O) groups is 2. The second kappa shape index (κ2) is 9.92. The summed E-state index contributed by atoms with van der Waals surface area (Å²) in [4.78, 5) is 22.4. The molecule has 0 aliphatic carbocycles. The van der Waals surface area contributed by atoms with Crippen molar-refractivity contribution >= 4 is 11.8 Å². The van der Waals surface area contributed by atoms with Crippen molar-refractivity contribution in [1.29, 1.82) is 0 Å². The minimum absolute atomic E-state index is 0.439. The van der Waals surface area contributed by atoms with E-state index in [9.17, 15) is 9.59 Å². The zero-order chi connectivity index (χ0) is 14.0. The van der Waals surface area contributed by atoms with Gasteiger partial charge >= 0.3 is 5.97 Å². The Morgan fingerprint density at radius 1 is 0.889 bits per heavy atom. The summed E-state index contributed by atoms with van der Waals surface area (Å²) in [6.07, 6.45) is -2.48. The highest BCUT2D eigenvalue weighted by Crippen LogP contribution is 1.97. The van der Waals surface area contributed by atoms with Crippen molar-refractivity contribution in [3.05, 3.63) is 0 Å². The molecule has 0 amide bonds. The SMILES string of the molecule is O=C(COC(CO)CO)CC(=O)OC(CO)CO. The minimum Gasteiger partial charge on any atom is -0.457 e. The van der Waals surface area contributed by atoms with Gasteiger partial charge in [-0.05, 0) is 0 Å². The van der Waals surface area contributed by atoms with E-state index in [0.29, 0.717) is 0 Å². The van der Waals surface area contributed by atoms with Gasteiger partial charge in [0.1, 0.15) is 25.2 Å². The lowest BCUT2D eigenvalue weighted by Crippen LogP contribution is -2.29. The Morgan fingerprint density at radius 3 is 1.83 bits per heavy atom. The van der Waals surface area contributed by atoms with Gasteiger partial charge in [-0.1, -0.05) is 0 Å². The Morgan fingerprint density at radius 2 is 1.39 bits per heavy atom. The molecule has 4 N–H and O–H groups in total. The van der Waals surface area contributed by atoms with E-state index in [1.54, 1.807) is 0 Å². The normalized spacial score (nSPS) is 11.0. The van der Waals surface area contributed by atoms with Gasteiger partial charge in [0.25, 0.3) is 0 Å². The van der Waals surface area contributed by atoms with Crippen LogP contribution in [0.25, 0.3) is 0 Å². The molecule has 0 aromatic rings. The van der Waals surface area contributed by atoms with Gasteiger partial charge in [-0.2, -0.15) is 0 Å². The second-order valence-corrected chi connectivity index (χ2v) is 3.49. The van der Waals surface area contributed by atoms with Crippen molar-refractivity contribution in [3.8, 4) is 0 Å². The molecule has 0 radical (unpaired) electrons. The fourth-order valence-corrected chi connectivity index (χ4v) is 0.946. The van der Waals surface area contributed by atoms with E-state index in [2.05, 4.69) is 4.74 Å². The van der Waals surface area contributed by atoms with Gasteiger partial charge in [-0.15, -0.1) is 0 Å². The fourth-order valence-electron chi connectivity index (χ4n) is 0.946. The Kier molecular flexibility index (Phi) is 9.33. The van der Waals surface area contributed by atoms with Gasteiger partial charge in [-0.3, -0.25) is 9.59 Å². The molecule has 0 unspecified atom stereocenters. The third-order valence-electron chi connectivity index (χ3n) is 1.93. The highest BCUT2D eigenvalue weighted by molar-refractivity contribution is 5.96. The summed E-state index contributed by atoms with van der Waals surface area (Å²) in [5.41, 5.74) is 0. The quantitative estimate of drug-likeness (QED) is 0.246. The lowest BCUT2D eigenvalue weighted by Gasteiger charge is -2.13. The lowest BCUT2D eigenvalue weighted by molar-refractivity contribution is -0.156. The van der Waals surface area contributed by atoms with Crippen molar-refractivity contribution in [1.82, 2.24) is 0 Å². The van der Waals surface area contributed by atoms with Crippen LogP contribution in [-0.4, -0.2) is 77.4 Å². The molecule has 0 aliphatic heterocycles. The van der Waals surface area contributed by atoms with Gasteiger partial charge in [0, 0.05) is 0 Å². The maximum atomic E-state index is 11.2. The number of aliphatic hydroxyl groups excluding tert-OH is 4. The molecule has 0 bridgehead atoms. The van der Waals surface area contributed by atoms with E-state index in [-0.39, 0.29) is 0 Å². The third kappa shape index (κ3) is 7.30. The molecule has 8 heteroatoms. The van der Waals surface area contributed by atoms with E-state index >= 15 is 0 Å². The smallest absolute Gasteiger partial charge is 0.313 e. The highest BCUT2D eigenvalue weighted by Gasteiger charge is 2.17. The zero-order valence-electron chi connectivity index (χ0n) is 9.82. The van der Waals surface area contributed by atoms with Crippen LogP contribution in [0.5, 0.6) is 0 Å². The Balaban J connectivity index is 3.90. The number of ether oxygens (including phenoxy) is 2. The summed E-state index contributed by atoms with van der Waals surface area (Å²) in [5.74, 6) is -1.48. The second-order valence-electron chi connectivity index (χ2n) is 3.49. The van der Waals surface area contributed by atoms with Gasteiger partial charge in [0.15, 0.2) is 5.78 Å². The number of ketones is 1. The minimum atomic E-state index is -1.05. The van der Waals surface area contributed by atoms with Crippen LogP contribution in [0.3, 0.4) is 0 Å². The molecule has 106 valence electrons. The van der Waals surface area contributed by atoms with Crippen LogP contribution < -0.4 is 0 Å². The number of hydrogen-bond donors (Lipinski definition) is 4. The molecule has 0 aromatic heterocycles. The van der Waals surface area contributed by atoms with E-state index in [1.807, 2.05) is 0 Å². The van der Waals surface area contributed by atoms with E-state index in [1.165, 1.54) is 0 Å². The first-order valence-electron chi connectivity index (χ1n) is 5.33. The number of esters is 1. The molecule has 0 spiro atoms. The third-order valence-corrected chi connectivity index (χ3v) is 1.93. The van der Waals surface area contributed by atoms with Crippen LogP contribution in [0.1, 0.15) is 6.42 Å². The molecule has 8 nitrogen and oxygen atoms in total. The Hall–Kier alpha value is -1.06. The topological polar surface area (TPSA) is 134 Å². The van der Waals surface area contributed by atoms with Crippen molar-refractivity contribution < 1.29 is 39.5 Å². The standard InChI is InChI=1S/C10H18O8/c11-2-8(3-12)17-6-7(15)1-10(16)18-9(4-13)5-14/h8-9,11-14H,1-6H2. The summed E-state index contributed by atoms with van der Waals surface area (Å²) >= 11 is 0. The van der Waals surface area contributed by atoms with Crippen molar-refractivity contribution in [2.24, 2.45) is 0 Å². The van der Waals surface area contributed by atoms with Gasteiger partial charge in [0.2, 0.25) is 0 Å². The summed E-state index contributed by atoms with van der Waals surface area (Å²) in [5, 5.41) is 34.6. The predicted molar refractivity (Wildman–Crippen MR) is 57.6 cm³/mol. The molecular weight excluding hydrogens is 248 g/mol. The monoisotopic (exact) mass is 266 g/mol. The molecule has 0 atom stereocenters. The van der Waals surface area contributed by atoms with E-state index in [4.69, 9.17) is 25.2 Å². The number of carbonyl (C=O) groups excluding carboxylic acids is 2. The average Bonchev–Trinajstić information content (AvgIpc) is 2.37. The predicted octanol–water partition coefficient (Wildman–Crippen LogP) is -2.79. The van der Waals surface area contributed by atoms with Crippen LogP contribution in [0, 0.1) is 0 Å². The summed E-state index contributed by atoms with van der Waals surface area (Å²) in [7, 11) is 0. The lowest BCUT2D eigenvalue weighted by atomic mass is 10.3. The first-order valence-corrected chi connectivity index (χ1v) is 5.33. The molecule has 0 saturated carbocycles. The van der Waals surface area contributed by atoms with Crippen molar-refractivity contribution in [2.45, 2.75) is 18.6 Å². The summed E-state index contributed by atoms with van der Waals surface area (Å²) < 4.78 is 9.37. The first-order chi connectivity index (χ1) is 8.57. The van der Waals surface area contributed by atoms with Crippen molar-refractivity contribution in [2.75, 3.05) is 33.0 Å². The molecule has 18 heavy (non-hydrogen) atoms. The largest absolute Gasteiger partial charge is 0.457 e. The highest BCUT2D eigenvalue weighted by atomic mass is 16.6. The van der Waals surface area contributed by atoms with Crippen LogP contribution in [0.4, 0.5) is 0 Å². The molecule has 0 rings (SSSR count). The maximum Gasteiger partial charge on any atom is 0.313 e. The van der Waals surface area contributed by atoms with E-state index in [0.717, 1.165) is 0 Å². The summed E-state index contributed by atoms with van der Waals surface area (Å²) in [6.45, 7) is -2.39. The van der Waals surface area contributed by atoms with Gasteiger partial charge in [0.05, 0.1) is 26.4 Å². The van der Waals surface area contributed by atoms with Crippen LogP contribution in [-0.2, 0) is 19.1 Å². The van der Waals surface area contributed by atoms with Crippen LogP contribution >= 0.6 is 0 Å². The summed E-state index contributed by atoms with van der Waals surface area (Å²) in [6, 6.07) is 0. The Labute approximate surface area is 104 Å². The molecule has 0 saturated heterocycles. The van der Waals surface area contributed by atoms with Crippen molar-refractivity contribution in [3.63, 3.8) is 0 Å². The fraction of sp³-hybridized carbons (Fsp3) is 0.800. The van der Waals surface area contributed by atoms with Gasteiger partial charge < -0.3 is 29.9 Å². The number of rotatable bonds is 10. The van der Waals surface area contributed by atoms with Crippen LogP contribution in [0.15, 0.2) is 0 Å². The van der Waals surface area contributed by atoms with Crippen LogP contribution in [0.2, 0.25) is 0 Å². The van der Waals surface area contributed by atoms with E-state index < -0.39 is 63.4 Å². The molecule has 0 aliphatic rings. The first kappa shape index (κ1) is 16.9. The Bertz CT molecular complexity index is 246. The molecular formula is C10H18O8. The van der Waals surface area contributed by atoms with Gasteiger partial charge in [-0.25, -0.2) is 0 Å². The number of hydrogen-bond acceptors (Lipinski definition) is 8. The molecule has 0 fully saturated rings. The number of Topliss-reactive ketones (excluding diaryl/α,β-unsaturated/α-hetero) is 1. The molecule has 0 aromatic carbocycles.